The van der Waals surface area contributed by atoms with Crippen molar-refractivity contribution < 1.29 is 9.13 Å². The van der Waals surface area contributed by atoms with Crippen molar-refractivity contribution in [2.45, 2.75) is 0 Å². The average molecular weight is 178 g/mol. The molecule has 66 valence electrons. The molecule has 0 bridgehead atoms. The molecule has 0 aromatic carbocycles. The number of aromatic nitrogens is 1. The Labute approximate surface area is 75.1 Å². The zero-order valence-corrected chi connectivity index (χ0v) is 6.99. The third kappa shape index (κ3) is 2.27. The van der Waals surface area contributed by atoms with Gasteiger partial charge in [0.1, 0.15) is 5.82 Å². The highest BCUT2D eigenvalue weighted by atomic mass is 19.1. The molecule has 3 nitrogen and oxygen atoms in total. The lowest BCUT2D eigenvalue weighted by atomic mass is 10.2. The van der Waals surface area contributed by atoms with Crippen LogP contribution in [0.1, 0.15) is 5.56 Å². The second-order valence-electron chi connectivity index (χ2n) is 2.21. The van der Waals surface area contributed by atoms with Gasteiger partial charge in [0.2, 0.25) is 5.88 Å². The summed E-state index contributed by atoms with van der Waals surface area (Å²) >= 11 is 0. The zero-order chi connectivity index (χ0) is 9.68. The Balaban J connectivity index is 3.10. The number of rotatable bonds is 2. The second kappa shape index (κ2) is 4.21. The molecule has 1 heterocycles. The van der Waals surface area contributed by atoms with Crippen molar-refractivity contribution in [1.29, 1.82) is 5.26 Å². The van der Waals surface area contributed by atoms with Gasteiger partial charge in [0.15, 0.2) is 0 Å². The number of pyridine rings is 1. The molecule has 0 aliphatic rings. The van der Waals surface area contributed by atoms with E-state index >= 15 is 0 Å². The number of halogens is 1. The van der Waals surface area contributed by atoms with Crippen LogP contribution in [0.15, 0.2) is 18.3 Å². The molecular weight excluding hydrogens is 171 g/mol. The van der Waals surface area contributed by atoms with E-state index in [1.165, 1.54) is 25.3 Å². The van der Waals surface area contributed by atoms with Crippen molar-refractivity contribution in [3.63, 3.8) is 0 Å². The number of methoxy groups -OCH3 is 1. The maximum absolute atomic E-state index is 12.7. The van der Waals surface area contributed by atoms with Gasteiger partial charge in [0, 0.05) is 11.6 Å². The van der Waals surface area contributed by atoms with E-state index in [4.69, 9.17) is 10.00 Å². The van der Waals surface area contributed by atoms with E-state index in [2.05, 4.69) is 4.98 Å². The van der Waals surface area contributed by atoms with Crippen LogP contribution < -0.4 is 4.74 Å². The smallest absolute Gasteiger partial charge is 0.220 e. The molecule has 0 radical (unpaired) electrons. The molecule has 0 aliphatic heterocycles. The minimum atomic E-state index is -0.460. The van der Waals surface area contributed by atoms with Crippen molar-refractivity contribution in [1.82, 2.24) is 4.98 Å². The fourth-order valence-corrected chi connectivity index (χ4v) is 0.859. The number of allylic oxidation sites excluding steroid dienone is 1. The first-order chi connectivity index (χ1) is 6.27. The Morgan fingerprint density at radius 3 is 3.08 bits per heavy atom. The Morgan fingerprint density at radius 1 is 1.69 bits per heavy atom. The third-order valence-electron chi connectivity index (χ3n) is 1.38. The molecule has 0 spiro atoms. The molecule has 0 saturated heterocycles. The van der Waals surface area contributed by atoms with Crippen LogP contribution in [-0.4, -0.2) is 12.1 Å². The molecule has 0 atom stereocenters. The Kier molecular flexibility index (Phi) is 2.98. The monoisotopic (exact) mass is 178 g/mol. The highest BCUT2D eigenvalue weighted by Gasteiger charge is 2.01. The first kappa shape index (κ1) is 9.20. The second-order valence-corrected chi connectivity index (χ2v) is 2.21. The summed E-state index contributed by atoms with van der Waals surface area (Å²) in [6.07, 6.45) is 3.73. The van der Waals surface area contributed by atoms with Crippen LogP contribution in [0.3, 0.4) is 0 Å². The first-order valence-electron chi connectivity index (χ1n) is 3.53. The number of nitrogens with zero attached hydrogens (tertiary/aromatic N) is 2. The Bertz CT molecular complexity index is 368. The quantitative estimate of drug-likeness (QED) is 0.648. The van der Waals surface area contributed by atoms with Crippen molar-refractivity contribution in [3.8, 4) is 11.9 Å². The largest absolute Gasteiger partial charge is 0.481 e. The van der Waals surface area contributed by atoms with Gasteiger partial charge < -0.3 is 4.74 Å². The van der Waals surface area contributed by atoms with Gasteiger partial charge in [0.25, 0.3) is 0 Å². The van der Waals surface area contributed by atoms with Crippen molar-refractivity contribution >= 4 is 6.08 Å². The SMILES string of the molecule is COc1ncc(F)cc1C=CC#N. The summed E-state index contributed by atoms with van der Waals surface area (Å²) in [5.41, 5.74) is 0.448. The highest BCUT2D eigenvalue weighted by molar-refractivity contribution is 5.56. The molecule has 1 aromatic heterocycles. The fraction of sp³-hybridized carbons (Fsp3) is 0.111. The minimum absolute atomic E-state index is 0.299. The van der Waals surface area contributed by atoms with Gasteiger partial charge in [-0.25, -0.2) is 9.37 Å². The number of nitriles is 1. The molecular formula is C9H7FN2O. The standard InChI is InChI=1S/C9H7FN2O/c1-13-9-7(3-2-4-11)5-8(10)6-12-9/h2-3,5-6H,1H3. The molecule has 0 aliphatic carbocycles. The normalized spacial score (nSPS) is 9.92. The third-order valence-corrected chi connectivity index (χ3v) is 1.38. The summed E-state index contributed by atoms with van der Waals surface area (Å²) in [7, 11) is 1.43. The Morgan fingerprint density at radius 2 is 2.46 bits per heavy atom. The van der Waals surface area contributed by atoms with Crippen LogP contribution in [0.4, 0.5) is 4.39 Å². The van der Waals surface area contributed by atoms with E-state index in [1.54, 1.807) is 6.07 Å². The van der Waals surface area contributed by atoms with Crippen molar-refractivity contribution in [2.75, 3.05) is 7.11 Å². The molecule has 0 unspecified atom stereocenters. The van der Waals surface area contributed by atoms with E-state index in [0.29, 0.717) is 11.4 Å². The lowest BCUT2D eigenvalue weighted by Crippen LogP contribution is -1.91. The topological polar surface area (TPSA) is 45.9 Å². The highest BCUT2D eigenvalue weighted by Crippen LogP contribution is 2.16. The van der Waals surface area contributed by atoms with Gasteiger partial charge >= 0.3 is 0 Å². The molecule has 0 saturated carbocycles. The predicted octanol–water partition coefficient (Wildman–Crippen LogP) is 1.77. The molecule has 1 rings (SSSR count). The van der Waals surface area contributed by atoms with Crippen LogP contribution in [0, 0.1) is 17.1 Å². The predicted molar refractivity (Wildman–Crippen MR) is 45.4 cm³/mol. The molecule has 0 fully saturated rings. The van der Waals surface area contributed by atoms with Crippen molar-refractivity contribution in [2.24, 2.45) is 0 Å². The van der Waals surface area contributed by atoms with E-state index in [1.807, 2.05) is 0 Å². The summed E-state index contributed by atoms with van der Waals surface area (Å²) in [5, 5.41) is 8.27. The summed E-state index contributed by atoms with van der Waals surface area (Å²) < 4.78 is 17.5. The molecule has 13 heavy (non-hydrogen) atoms. The lowest BCUT2D eigenvalue weighted by molar-refractivity contribution is 0.395. The maximum Gasteiger partial charge on any atom is 0.220 e. The Hall–Kier alpha value is -1.89. The van der Waals surface area contributed by atoms with Crippen LogP contribution in [0.25, 0.3) is 6.08 Å². The minimum Gasteiger partial charge on any atom is -0.481 e. The fourth-order valence-electron chi connectivity index (χ4n) is 0.859. The summed E-state index contributed by atoms with van der Waals surface area (Å²) in [6.45, 7) is 0. The van der Waals surface area contributed by atoms with Gasteiger partial charge in [-0.15, -0.1) is 0 Å². The molecule has 0 N–H and O–H groups in total. The summed E-state index contributed by atoms with van der Waals surface area (Å²) in [6, 6.07) is 3.05. The van der Waals surface area contributed by atoms with E-state index in [0.717, 1.165) is 6.20 Å². The number of ether oxygens (including phenoxy) is 1. The van der Waals surface area contributed by atoms with Crippen LogP contribution >= 0.6 is 0 Å². The molecule has 0 amide bonds. The van der Waals surface area contributed by atoms with Gasteiger partial charge in [0.05, 0.1) is 19.4 Å². The first-order valence-corrected chi connectivity index (χ1v) is 3.53. The van der Waals surface area contributed by atoms with E-state index in [9.17, 15) is 4.39 Å². The van der Waals surface area contributed by atoms with Gasteiger partial charge in [-0.05, 0) is 12.1 Å². The van der Waals surface area contributed by atoms with Crippen LogP contribution in [-0.2, 0) is 0 Å². The number of hydrogen-bond donors (Lipinski definition) is 0. The van der Waals surface area contributed by atoms with Gasteiger partial charge in [-0.3, -0.25) is 0 Å². The molecule has 1 aromatic rings. The number of hydrogen-bond acceptors (Lipinski definition) is 3. The lowest BCUT2D eigenvalue weighted by Gasteiger charge is -2.01. The van der Waals surface area contributed by atoms with E-state index < -0.39 is 5.82 Å². The summed E-state index contributed by atoms with van der Waals surface area (Å²) in [4.78, 5) is 3.69. The zero-order valence-electron chi connectivity index (χ0n) is 6.99. The van der Waals surface area contributed by atoms with Gasteiger partial charge in [-0.2, -0.15) is 5.26 Å². The summed E-state index contributed by atoms with van der Waals surface area (Å²) in [5.74, 6) is -0.161. The van der Waals surface area contributed by atoms with Gasteiger partial charge in [-0.1, -0.05) is 0 Å². The maximum atomic E-state index is 12.7. The van der Waals surface area contributed by atoms with Crippen molar-refractivity contribution in [3.05, 3.63) is 29.7 Å². The average Bonchev–Trinajstić information content (AvgIpc) is 2.15. The van der Waals surface area contributed by atoms with E-state index in [-0.39, 0.29) is 0 Å². The van der Waals surface area contributed by atoms with Crippen LogP contribution in [0.2, 0.25) is 0 Å². The van der Waals surface area contributed by atoms with Crippen LogP contribution in [0.5, 0.6) is 5.88 Å². The molecule has 4 heteroatoms.